The van der Waals surface area contributed by atoms with Gasteiger partial charge in [-0.2, -0.15) is 0 Å². The van der Waals surface area contributed by atoms with E-state index in [9.17, 15) is 24.0 Å². The molecule has 2 aromatic carbocycles. The minimum atomic E-state index is -1.20. The lowest BCUT2D eigenvalue weighted by atomic mass is 10.0. The fourth-order valence-electron chi connectivity index (χ4n) is 4.93. The number of likely N-dealkylation sites (N-methyl/N-ethyl adjacent to an activating group) is 1. The Bertz CT molecular complexity index is 1250. The van der Waals surface area contributed by atoms with Crippen LogP contribution in [0.2, 0.25) is 0 Å². The van der Waals surface area contributed by atoms with Crippen molar-refractivity contribution in [2.45, 2.75) is 44.2 Å². The second-order valence-electron chi connectivity index (χ2n) is 10.3. The molecule has 2 atom stereocenters. The van der Waals surface area contributed by atoms with Gasteiger partial charge in [-0.1, -0.05) is 42.5 Å². The monoisotopic (exact) mass is 563 g/mol. The van der Waals surface area contributed by atoms with Crippen LogP contribution in [0.5, 0.6) is 5.75 Å². The van der Waals surface area contributed by atoms with E-state index in [1.54, 1.807) is 36.2 Å². The summed E-state index contributed by atoms with van der Waals surface area (Å²) in [6.45, 7) is 1.88. The van der Waals surface area contributed by atoms with E-state index in [1.807, 2.05) is 30.3 Å². The van der Waals surface area contributed by atoms with Crippen molar-refractivity contribution < 1.29 is 28.7 Å². The molecule has 0 spiro atoms. The van der Waals surface area contributed by atoms with Crippen molar-refractivity contribution in [2.75, 3.05) is 39.8 Å². The van der Waals surface area contributed by atoms with Gasteiger partial charge in [0.05, 0.1) is 18.5 Å². The molecule has 1 fully saturated rings. The molecular formula is C30H37N5O6. The average molecular weight is 564 g/mol. The van der Waals surface area contributed by atoms with Gasteiger partial charge in [-0.3, -0.25) is 24.0 Å². The molecule has 2 aliphatic heterocycles. The van der Waals surface area contributed by atoms with Crippen molar-refractivity contribution in [3.63, 3.8) is 0 Å². The van der Waals surface area contributed by atoms with Crippen molar-refractivity contribution in [3.05, 3.63) is 65.7 Å². The highest BCUT2D eigenvalue weighted by Crippen LogP contribution is 2.19. The molecule has 0 aliphatic carbocycles. The molecule has 2 heterocycles. The van der Waals surface area contributed by atoms with Crippen LogP contribution >= 0.6 is 0 Å². The summed E-state index contributed by atoms with van der Waals surface area (Å²) in [5, 5.41) is 8.24. The third-order valence-electron chi connectivity index (χ3n) is 7.19. The predicted molar refractivity (Wildman–Crippen MR) is 151 cm³/mol. The van der Waals surface area contributed by atoms with Gasteiger partial charge in [0.2, 0.25) is 23.6 Å². The molecule has 0 unspecified atom stereocenters. The van der Waals surface area contributed by atoms with Gasteiger partial charge < -0.3 is 30.5 Å². The number of benzene rings is 2. The molecule has 0 bridgehead atoms. The number of amides is 5. The number of carbonyl (C=O) groups excluding carboxylic acids is 5. The van der Waals surface area contributed by atoms with E-state index in [0.29, 0.717) is 31.7 Å². The normalized spacial score (nSPS) is 20.4. The van der Waals surface area contributed by atoms with Crippen molar-refractivity contribution in [3.8, 4) is 5.75 Å². The van der Waals surface area contributed by atoms with Crippen LogP contribution in [0, 0.1) is 0 Å². The smallest absolute Gasteiger partial charge is 0.255 e. The molecule has 2 aromatic rings. The first-order valence-corrected chi connectivity index (χ1v) is 14.0. The highest BCUT2D eigenvalue weighted by atomic mass is 16.5. The topological polar surface area (TPSA) is 137 Å². The zero-order chi connectivity index (χ0) is 29.2. The Morgan fingerprint density at radius 2 is 1.76 bits per heavy atom. The molecule has 218 valence electrons. The largest absolute Gasteiger partial charge is 0.491 e. The first-order valence-electron chi connectivity index (χ1n) is 14.0. The summed E-state index contributed by atoms with van der Waals surface area (Å²) in [4.78, 5) is 68.1. The Hall–Kier alpha value is -4.41. The highest BCUT2D eigenvalue weighted by molar-refractivity contribution is 6.01. The summed E-state index contributed by atoms with van der Waals surface area (Å²) < 4.78 is 5.85. The minimum Gasteiger partial charge on any atom is -0.491 e. The van der Waals surface area contributed by atoms with Crippen molar-refractivity contribution >= 4 is 29.5 Å². The number of nitrogens with zero attached hydrogens (tertiary/aromatic N) is 2. The van der Waals surface area contributed by atoms with E-state index < -0.39 is 29.8 Å². The summed E-state index contributed by atoms with van der Waals surface area (Å²) in [5.41, 5.74) is 1.08. The van der Waals surface area contributed by atoms with Crippen LogP contribution in [0.3, 0.4) is 0 Å². The summed E-state index contributed by atoms with van der Waals surface area (Å²) >= 11 is 0. The Morgan fingerprint density at radius 1 is 1.00 bits per heavy atom. The number of para-hydroxylation sites is 1. The molecule has 1 saturated heterocycles. The number of nitrogens with one attached hydrogen (secondary N) is 3. The Morgan fingerprint density at radius 3 is 2.51 bits per heavy atom. The molecule has 11 heteroatoms. The van der Waals surface area contributed by atoms with Crippen molar-refractivity contribution in [2.24, 2.45) is 0 Å². The maximum absolute atomic E-state index is 13.4. The molecule has 2 aliphatic rings. The summed E-state index contributed by atoms with van der Waals surface area (Å²) in [6, 6.07) is 13.9. The molecule has 3 N–H and O–H groups in total. The van der Waals surface area contributed by atoms with Gasteiger partial charge in [-0.05, 0) is 30.5 Å². The zero-order valence-electron chi connectivity index (χ0n) is 23.3. The van der Waals surface area contributed by atoms with Crippen LogP contribution < -0.4 is 20.7 Å². The van der Waals surface area contributed by atoms with Crippen LogP contribution in [0.25, 0.3) is 0 Å². The Labute approximate surface area is 239 Å². The minimum absolute atomic E-state index is 0.109. The second-order valence-corrected chi connectivity index (χ2v) is 10.3. The van der Waals surface area contributed by atoms with Gasteiger partial charge in [-0.25, -0.2) is 0 Å². The van der Waals surface area contributed by atoms with E-state index in [0.717, 1.165) is 12.0 Å². The lowest BCUT2D eigenvalue weighted by Crippen LogP contribution is -2.53. The molecule has 11 nitrogen and oxygen atoms in total. The van der Waals surface area contributed by atoms with Crippen LogP contribution in [0.15, 0.2) is 54.6 Å². The lowest BCUT2D eigenvalue weighted by Gasteiger charge is -2.27. The predicted octanol–water partition coefficient (Wildman–Crippen LogP) is 0.882. The SMILES string of the molecule is CN1CCOc2ccccc2C(=O)N[C@H](C(=O)NCCCN2CCCC2=O)CC(=O)N[C@@H](Cc2ccccc2)C1=O. The van der Waals surface area contributed by atoms with E-state index in [4.69, 9.17) is 4.74 Å². The van der Waals surface area contributed by atoms with Crippen LogP contribution in [-0.4, -0.2) is 91.3 Å². The fraction of sp³-hybridized carbons (Fsp3) is 0.433. The average Bonchev–Trinajstić information content (AvgIpc) is 3.38. The molecular weight excluding hydrogens is 526 g/mol. The van der Waals surface area contributed by atoms with Gasteiger partial charge >= 0.3 is 0 Å². The number of carbonyl (C=O) groups is 5. The van der Waals surface area contributed by atoms with Gasteiger partial charge in [0.15, 0.2) is 0 Å². The summed E-state index contributed by atoms with van der Waals surface area (Å²) in [7, 11) is 1.63. The molecule has 41 heavy (non-hydrogen) atoms. The standard InChI is InChI=1S/C30H37N5O6/c1-34-17-18-41-25-12-6-5-11-22(25)28(38)33-23(29(39)31-14-8-16-35-15-7-13-27(35)37)20-26(36)32-24(30(34)40)19-21-9-3-2-4-10-21/h2-6,9-12,23-24H,7-8,13-20H2,1H3,(H,31,39)(H,32,36)(H,33,38)/t23-,24-/m0/s1. The van der Waals surface area contributed by atoms with Crippen LogP contribution in [-0.2, 0) is 25.6 Å². The maximum atomic E-state index is 13.4. The first-order chi connectivity index (χ1) is 19.8. The third-order valence-corrected chi connectivity index (χ3v) is 7.19. The molecule has 0 aromatic heterocycles. The van der Waals surface area contributed by atoms with E-state index in [1.165, 1.54) is 4.90 Å². The molecule has 0 saturated carbocycles. The van der Waals surface area contributed by atoms with Crippen LogP contribution in [0.4, 0.5) is 0 Å². The number of hydrogen-bond donors (Lipinski definition) is 3. The fourth-order valence-corrected chi connectivity index (χ4v) is 4.93. The Kier molecular flexibility index (Phi) is 10.3. The Balaban J connectivity index is 1.51. The quantitative estimate of drug-likeness (QED) is 0.428. The molecule has 0 radical (unpaired) electrons. The summed E-state index contributed by atoms with van der Waals surface area (Å²) in [5.74, 6) is -1.51. The van der Waals surface area contributed by atoms with E-state index in [2.05, 4.69) is 16.0 Å². The lowest BCUT2D eigenvalue weighted by molar-refractivity contribution is -0.136. The zero-order valence-corrected chi connectivity index (χ0v) is 23.3. The highest BCUT2D eigenvalue weighted by Gasteiger charge is 2.30. The first kappa shape index (κ1) is 29.6. The van der Waals surface area contributed by atoms with Gasteiger partial charge in [0.25, 0.3) is 5.91 Å². The van der Waals surface area contributed by atoms with Crippen molar-refractivity contribution in [1.29, 1.82) is 0 Å². The van der Waals surface area contributed by atoms with Gasteiger partial charge in [-0.15, -0.1) is 0 Å². The number of ether oxygens (including phenoxy) is 1. The maximum Gasteiger partial charge on any atom is 0.255 e. The van der Waals surface area contributed by atoms with Gasteiger partial charge in [0.1, 0.15) is 24.4 Å². The molecule has 4 rings (SSSR count). The van der Waals surface area contributed by atoms with Crippen LogP contribution in [0.1, 0.15) is 41.6 Å². The third kappa shape index (κ3) is 8.29. The van der Waals surface area contributed by atoms with E-state index >= 15 is 0 Å². The number of rotatable bonds is 7. The second kappa shape index (κ2) is 14.3. The summed E-state index contributed by atoms with van der Waals surface area (Å²) in [6.07, 6.45) is 1.82. The number of hydrogen-bond acceptors (Lipinski definition) is 6. The van der Waals surface area contributed by atoms with E-state index in [-0.39, 0.29) is 49.9 Å². The number of fused-ring (bicyclic) bond motifs is 1. The molecule has 5 amide bonds. The van der Waals surface area contributed by atoms with Crippen molar-refractivity contribution in [1.82, 2.24) is 25.8 Å². The number of likely N-dealkylation sites (tertiary alicyclic amines) is 1. The van der Waals surface area contributed by atoms with Gasteiger partial charge in [0, 0.05) is 39.5 Å².